The Morgan fingerprint density at radius 3 is 2.83 bits per heavy atom. The van der Waals surface area contributed by atoms with Crippen molar-refractivity contribution >= 4 is 5.91 Å². The van der Waals surface area contributed by atoms with Crippen LogP contribution in [0.1, 0.15) is 34.8 Å². The predicted octanol–water partition coefficient (Wildman–Crippen LogP) is 1.68. The summed E-state index contributed by atoms with van der Waals surface area (Å²) in [5.41, 5.74) is 0.804. The zero-order valence-electron chi connectivity index (χ0n) is 13.6. The van der Waals surface area contributed by atoms with Crippen molar-refractivity contribution in [2.45, 2.75) is 18.9 Å². The highest BCUT2D eigenvalue weighted by molar-refractivity contribution is 5.94. The highest BCUT2D eigenvalue weighted by Crippen LogP contribution is 2.29. The zero-order chi connectivity index (χ0) is 16.9. The van der Waals surface area contributed by atoms with Gasteiger partial charge in [0, 0.05) is 38.9 Å². The van der Waals surface area contributed by atoms with Crippen molar-refractivity contribution in [2.75, 3.05) is 13.2 Å². The lowest BCUT2D eigenvalue weighted by molar-refractivity contribution is 0.0513. The maximum absolute atomic E-state index is 12.7. The number of aryl methyl sites for hydroxylation is 1. The molecular formula is C18H21N3O3. The van der Waals surface area contributed by atoms with Crippen molar-refractivity contribution in [3.8, 4) is 0 Å². The molecule has 0 saturated carbocycles. The third kappa shape index (κ3) is 3.54. The van der Waals surface area contributed by atoms with Gasteiger partial charge in [0.05, 0.1) is 6.04 Å². The van der Waals surface area contributed by atoms with Gasteiger partial charge in [0.2, 0.25) is 0 Å². The van der Waals surface area contributed by atoms with E-state index in [1.165, 1.54) is 4.57 Å². The molecule has 6 nitrogen and oxygen atoms in total. The van der Waals surface area contributed by atoms with Crippen molar-refractivity contribution in [3.05, 3.63) is 64.3 Å². The number of aromatic nitrogens is 2. The van der Waals surface area contributed by atoms with Gasteiger partial charge in [0.15, 0.2) is 0 Å². The Morgan fingerprint density at radius 1 is 1.33 bits per heavy atom. The normalized spacial score (nSPS) is 16.5. The topological polar surface area (TPSA) is 73.2 Å². The molecule has 6 heteroatoms. The number of hydrogen-bond acceptors (Lipinski definition) is 4. The monoisotopic (exact) mass is 327 g/mol. The van der Waals surface area contributed by atoms with Crippen LogP contribution in [0.15, 0.2) is 47.7 Å². The summed E-state index contributed by atoms with van der Waals surface area (Å²) in [5, 5.41) is 3.04. The average molecular weight is 327 g/mol. The highest BCUT2D eigenvalue weighted by Gasteiger charge is 2.28. The van der Waals surface area contributed by atoms with Crippen molar-refractivity contribution < 1.29 is 9.53 Å². The van der Waals surface area contributed by atoms with Gasteiger partial charge in [-0.05, 0) is 42.5 Å². The van der Waals surface area contributed by atoms with Crippen molar-refractivity contribution in [3.63, 3.8) is 0 Å². The summed E-state index contributed by atoms with van der Waals surface area (Å²) in [6, 6.07) is 6.89. The summed E-state index contributed by atoms with van der Waals surface area (Å²) in [6.07, 6.45) is 6.85. The number of amides is 1. The second-order valence-corrected chi connectivity index (χ2v) is 6.03. The SMILES string of the molecule is Cn1cccc(C(=O)NC(c2cccnc2)C2CCOCC2)c1=O. The molecule has 1 amide bonds. The second kappa shape index (κ2) is 7.40. The molecule has 3 rings (SSSR count). The van der Waals surface area contributed by atoms with Crippen LogP contribution >= 0.6 is 0 Å². The van der Waals surface area contributed by atoms with Gasteiger partial charge in [-0.2, -0.15) is 0 Å². The van der Waals surface area contributed by atoms with Crippen LogP contribution in [-0.4, -0.2) is 28.7 Å². The van der Waals surface area contributed by atoms with Crippen LogP contribution in [0.2, 0.25) is 0 Å². The smallest absolute Gasteiger partial charge is 0.263 e. The first-order valence-corrected chi connectivity index (χ1v) is 8.11. The van der Waals surface area contributed by atoms with Gasteiger partial charge in [0.25, 0.3) is 11.5 Å². The minimum absolute atomic E-state index is 0.154. The molecule has 1 aliphatic rings. The number of carbonyl (C=O) groups is 1. The van der Waals surface area contributed by atoms with E-state index in [-0.39, 0.29) is 29.0 Å². The highest BCUT2D eigenvalue weighted by atomic mass is 16.5. The lowest BCUT2D eigenvalue weighted by atomic mass is 9.87. The number of ether oxygens (including phenoxy) is 1. The van der Waals surface area contributed by atoms with E-state index in [1.807, 2.05) is 12.1 Å². The molecule has 24 heavy (non-hydrogen) atoms. The molecule has 126 valence electrons. The number of nitrogens with one attached hydrogen (secondary N) is 1. The summed E-state index contributed by atoms with van der Waals surface area (Å²) in [7, 11) is 1.64. The molecule has 0 spiro atoms. The molecule has 1 atom stereocenters. The van der Waals surface area contributed by atoms with Crippen molar-refractivity contribution in [1.29, 1.82) is 0 Å². The van der Waals surface area contributed by atoms with Crippen LogP contribution < -0.4 is 10.9 Å². The lowest BCUT2D eigenvalue weighted by Crippen LogP contribution is -2.38. The van der Waals surface area contributed by atoms with Crippen LogP contribution in [0.3, 0.4) is 0 Å². The minimum Gasteiger partial charge on any atom is -0.381 e. The van der Waals surface area contributed by atoms with Crippen molar-refractivity contribution in [2.24, 2.45) is 13.0 Å². The quantitative estimate of drug-likeness (QED) is 0.927. The van der Waals surface area contributed by atoms with E-state index < -0.39 is 0 Å². The standard InChI is InChI=1S/C18H21N3O3/c1-21-9-3-5-15(18(21)23)17(22)20-16(13-6-10-24-11-7-13)14-4-2-8-19-12-14/h2-5,8-9,12-13,16H,6-7,10-11H2,1H3,(H,20,22). The number of pyridine rings is 2. The van der Waals surface area contributed by atoms with E-state index in [1.54, 1.807) is 37.8 Å². The molecule has 0 radical (unpaired) electrons. The summed E-state index contributed by atoms with van der Waals surface area (Å²) in [5.74, 6) is -0.0870. The Hall–Kier alpha value is -2.47. The van der Waals surface area contributed by atoms with Gasteiger partial charge in [-0.15, -0.1) is 0 Å². The van der Waals surface area contributed by atoms with Gasteiger partial charge in [0.1, 0.15) is 5.56 Å². The molecular weight excluding hydrogens is 306 g/mol. The van der Waals surface area contributed by atoms with Crippen LogP contribution in [0.5, 0.6) is 0 Å². The number of hydrogen-bond donors (Lipinski definition) is 1. The van der Waals surface area contributed by atoms with Gasteiger partial charge >= 0.3 is 0 Å². The maximum atomic E-state index is 12.7. The molecule has 0 aromatic carbocycles. The summed E-state index contributed by atoms with van der Waals surface area (Å²) in [4.78, 5) is 29.0. The first-order valence-electron chi connectivity index (χ1n) is 8.11. The van der Waals surface area contributed by atoms with Crippen LogP contribution in [-0.2, 0) is 11.8 Å². The van der Waals surface area contributed by atoms with E-state index >= 15 is 0 Å². The third-order valence-electron chi connectivity index (χ3n) is 4.44. The number of rotatable bonds is 4. The summed E-state index contributed by atoms with van der Waals surface area (Å²) < 4.78 is 6.83. The Kier molecular flexibility index (Phi) is 5.05. The first-order chi connectivity index (χ1) is 11.7. The van der Waals surface area contributed by atoms with Crippen LogP contribution in [0.4, 0.5) is 0 Å². The predicted molar refractivity (Wildman–Crippen MR) is 89.7 cm³/mol. The number of carbonyl (C=O) groups excluding carboxylic acids is 1. The second-order valence-electron chi connectivity index (χ2n) is 6.03. The van der Waals surface area contributed by atoms with E-state index in [0.29, 0.717) is 13.2 Å². The maximum Gasteiger partial charge on any atom is 0.263 e. The fourth-order valence-corrected chi connectivity index (χ4v) is 3.07. The van der Waals surface area contributed by atoms with Gasteiger partial charge < -0.3 is 14.6 Å². The Morgan fingerprint density at radius 2 is 2.12 bits per heavy atom. The Labute approximate surface area is 140 Å². The van der Waals surface area contributed by atoms with Crippen LogP contribution in [0, 0.1) is 5.92 Å². The van der Waals surface area contributed by atoms with Gasteiger partial charge in [-0.25, -0.2) is 0 Å². The van der Waals surface area contributed by atoms with Crippen molar-refractivity contribution in [1.82, 2.24) is 14.9 Å². The van der Waals surface area contributed by atoms with E-state index in [9.17, 15) is 9.59 Å². The largest absolute Gasteiger partial charge is 0.381 e. The molecule has 0 bridgehead atoms. The fourth-order valence-electron chi connectivity index (χ4n) is 3.07. The molecule has 3 heterocycles. The van der Waals surface area contributed by atoms with Gasteiger partial charge in [-0.1, -0.05) is 6.07 Å². The Balaban J connectivity index is 1.87. The van der Waals surface area contributed by atoms with E-state index in [0.717, 1.165) is 18.4 Å². The molecule has 0 aliphatic carbocycles. The molecule has 1 unspecified atom stereocenters. The molecule has 2 aromatic rings. The molecule has 1 N–H and O–H groups in total. The number of nitrogens with zero attached hydrogens (tertiary/aromatic N) is 2. The molecule has 2 aromatic heterocycles. The third-order valence-corrected chi connectivity index (χ3v) is 4.44. The average Bonchev–Trinajstić information content (AvgIpc) is 2.63. The Bertz CT molecular complexity index is 752. The first kappa shape index (κ1) is 16.4. The minimum atomic E-state index is -0.350. The summed E-state index contributed by atoms with van der Waals surface area (Å²) in [6.45, 7) is 1.37. The molecule has 1 fully saturated rings. The molecule has 1 aliphatic heterocycles. The molecule has 1 saturated heterocycles. The van der Waals surface area contributed by atoms with Gasteiger partial charge in [-0.3, -0.25) is 14.6 Å². The van der Waals surface area contributed by atoms with E-state index in [4.69, 9.17) is 4.74 Å². The fraction of sp³-hybridized carbons (Fsp3) is 0.389. The zero-order valence-corrected chi connectivity index (χ0v) is 13.6. The lowest BCUT2D eigenvalue weighted by Gasteiger charge is -2.31. The van der Waals surface area contributed by atoms with E-state index in [2.05, 4.69) is 10.3 Å². The summed E-state index contributed by atoms with van der Waals surface area (Å²) >= 11 is 0. The van der Waals surface area contributed by atoms with Crippen LogP contribution in [0.25, 0.3) is 0 Å².